The summed E-state index contributed by atoms with van der Waals surface area (Å²) in [5.74, 6) is 1.12. The van der Waals surface area contributed by atoms with Gasteiger partial charge in [0.05, 0.1) is 12.8 Å². The third-order valence-corrected chi connectivity index (χ3v) is 5.15. The molecule has 2 N–H and O–H groups in total. The fourth-order valence-electron chi connectivity index (χ4n) is 3.64. The smallest absolute Gasteiger partial charge is 0.336 e. The Labute approximate surface area is 173 Å². The number of aryl methyl sites for hydroxylation is 1. The maximum absolute atomic E-state index is 12.2. The zero-order valence-electron chi connectivity index (χ0n) is 16.7. The van der Waals surface area contributed by atoms with E-state index in [9.17, 15) is 15.0 Å². The number of benzene rings is 2. The van der Waals surface area contributed by atoms with Crippen LogP contribution < -0.4 is 5.63 Å². The molecule has 0 aliphatic heterocycles. The molecule has 2 aromatic carbocycles. The van der Waals surface area contributed by atoms with E-state index in [0.29, 0.717) is 31.6 Å². The molecule has 0 aliphatic carbocycles. The van der Waals surface area contributed by atoms with E-state index in [1.165, 1.54) is 12.1 Å². The summed E-state index contributed by atoms with van der Waals surface area (Å²) < 4.78 is 10.8. The number of furan rings is 1. The number of phenolic OH excluding ortho intramolecular Hbond substituents is 2. The number of hydrogen-bond acceptors (Lipinski definition) is 6. The first-order valence-electron chi connectivity index (χ1n) is 9.83. The van der Waals surface area contributed by atoms with E-state index in [2.05, 4.69) is 4.90 Å². The lowest BCUT2D eigenvalue weighted by Crippen LogP contribution is -2.23. The predicted octanol–water partition coefficient (Wildman–Crippen LogP) is 4.56. The molecule has 6 heteroatoms. The first-order chi connectivity index (χ1) is 14.5. The standard InChI is InChI=1S/C24H23NO5/c1-2-16-10-20-18(11-24(28)30-23(20)12-22(16)27)14-25(15-19-7-5-9-29-19)13-17-6-3-4-8-21(17)26/h3-12,26-27H,2,13-15H2,1H3. The minimum absolute atomic E-state index is 0.118. The lowest BCUT2D eigenvalue weighted by molar-refractivity contribution is 0.224. The van der Waals surface area contributed by atoms with Gasteiger partial charge in [0.15, 0.2) is 0 Å². The lowest BCUT2D eigenvalue weighted by Gasteiger charge is -2.22. The molecule has 2 aromatic heterocycles. The molecule has 0 aliphatic rings. The van der Waals surface area contributed by atoms with Crippen LogP contribution in [-0.4, -0.2) is 15.1 Å². The Hall–Kier alpha value is -3.51. The molecule has 0 bridgehead atoms. The zero-order valence-corrected chi connectivity index (χ0v) is 16.7. The van der Waals surface area contributed by atoms with Gasteiger partial charge in [-0.05, 0) is 41.8 Å². The van der Waals surface area contributed by atoms with Crippen LogP contribution in [0.3, 0.4) is 0 Å². The van der Waals surface area contributed by atoms with Gasteiger partial charge in [0.1, 0.15) is 22.8 Å². The van der Waals surface area contributed by atoms with Crippen LogP contribution in [0, 0.1) is 0 Å². The van der Waals surface area contributed by atoms with E-state index in [0.717, 1.165) is 27.8 Å². The highest BCUT2D eigenvalue weighted by molar-refractivity contribution is 5.82. The highest BCUT2D eigenvalue weighted by Gasteiger charge is 2.16. The molecule has 0 fully saturated rings. The predicted molar refractivity (Wildman–Crippen MR) is 113 cm³/mol. The quantitative estimate of drug-likeness (QED) is 0.438. The fraction of sp³-hybridized carbons (Fsp3) is 0.208. The van der Waals surface area contributed by atoms with Crippen molar-refractivity contribution in [3.63, 3.8) is 0 Å². The first-order valence-corrected chi connectivity index (χ1v) is 9.83. The van der Waals surface area contributed by atoms with Crippen LogP contribution in [0.1, 0.15) is 29.4 Å². The highest BCUT2D eigenvalue weighted by Crippen LogP contribution is 2.28. The largest absolute Gasteiger partial charge is 0.508 e. The number of nitrogens with zero attached hydrogens (tertiary/aromatic N) is 1. The summed E-state index contributed by atoms with van der Waals surface area (Å²) >= 11 is 0. The van der Waals surface area contributed by atoms with Crippen molar-refractivity contribution in [3.8, 4) is 11.5 Å². The van der Waals surface area contributed by atoms with Gasteiger partial charge in [-0.15, -0.1) is 0 Å². The summed E-state index contributed by atoms with van der Waals surface area (Å²) in [6.45, 7) is 3.36. The third-order valence-electron chi connectivity index (χ3n) is 5.15. The van der Waals surface area contributed by atoms with Crippen LogP contribution in [0.2, 0.25) is 0 Å². The fourth-order valence-corrected chi connectivity index (χ4v) is 3.64. The Kier molecular flexibility index (Phi) is 5.59. The van der Waals surface area contributed by atoms with Crippen molar-refractivity contribution in [1.82, 2.24) is 4.90 Å². The normalized spacial score (nSPS) is 11.4. The number of hydrogen-bond donors (Lipinski definition) is 2. The molecule has 30 heavy (non-hydrogen) atoms. The molecule has 154 valence electrons. The summed E-state index contributed by atoms with van der Waals surface area (Å²) in [6, 6.07) is 15.8. The number of rotatable bonds is 7. The molecule has 0 saturated heterocycles. The third kappa shape index (κ3) is 4.23. The van der Waals surface area contributed by atoms with Gasteiger partial charge in [-0.2, -0.15) is 0 Å². The van der Waals surface area contributed by atoms with Crippen molar-refractivity contribution in [3.05, 3.63) is 93.7 Å². The molecule has 6 nitrogen and oxygen atoms in total. The summed E-state index contributed by atoms with van der Waals surface area (Å²) in [5, 5.41) is 21.2. The van der Waals surface area contributed by atoms with Gasteiger partial charge in [0.2, 0.25) is 0 Å². The van der Waals surface area contributed by atoms with Crippen molar-refractivity contribution in [2.75, 3.05) is 0 Å². The second kappa shape index (κ2) is 8.47. The molecule has 0 atom stereocenters. The summed E-state index contributed by atoms with van der Waals surface area (Å²) in [7, 11) is 0. The van der Waals surface area contributed by atoms with Crippen molar-refractivity contribution < 1.29 is 19.0 Å². The Balaban J connectivity index is 1.74. The molecule has 0 amide bonds. The Morgan fingerprint density at radius 3 is 2.40 bits per heavy atom. The number of para-hydroxylation sites is 1. The van der Waals surface area contributed by atoms with Gasteiger partial charge in [-0.3, -0.25) is 4.90 Å². The zero-order chi connectivity index (χ0) is 21.1. The Morgan fingerprint density at radius 1 is 0.867 bits per heavy atom. The molecule has 0 radical (unpaired) electrons. The van der Waals surface area contributed by atoms with Crippen LogP contribution in [0.15, 0.2) is 74.5 Å². The lowest BCUT2D eigenvalue weighted by atomic mass is 10.0. The number of aromatic hydroxyl groups is 2. The summed E-state index contributed by atoms with van der Waals surface area (Å²) in [5.41, 5.74) is 2.24. The van der Waals surface area contributed by atoms with Crippen molar-refractivity contribution in [1.29, 1.82) is 0 Å². The average Bonchev–Trinajstić information content (AvgIpc) is 3.22. The number of phenols is 2. The van der Waals surface area contributed by atoms with Crippen molar-refractivity contribution >= 4 is 11.0 Å². The average molecular weight is 405 g/mol. The van der Waals surface area contributed by atoms with Gasteiger partial charge in [-0.25, -0.2) is 4.79 Å². The molecular formula is C24H23NO5. The number of fused-ring (bicyclic) bond motifs is 1. The summed E-state index contributed by atoms with van der Waals surface area (Å²) in [4.78, 5) is 14.2. The van der Waals surface area contributed by atoms with E-state index in [-0.39, 0.29) is 11.5 Å². The van der Waals surface area contributed by atoms with Gasteiger partial charge in [0, 0.05) is 36.2 Å². The minimum Gasteiger partial charge on any atom is -0.508 e. The molecule has 2 heterocycles. The van der Waals surface area contributed by atoms with E-state index >= 15 is 0 Å². The maximum atomic E-state index is 12.2. The first kappa shape index (κ1) is 19.8. The topological polar surface area (TPSA) is 87.0 Å². The molecule has 4 aromatic rings. The van der Waals surface area contributed by atoms with Gasteiger partial charge < -0.3 is 19.0 Å². The van der Waals surface area contributed by atoms with E-state index in [1.807, 2.05) is 37.3 Å². The van der Waals surface area contributed by atoms with Crippen molar-refractivity contribution in [2.24, 2.45) is 0 Å². The van der Waals surface area contributed by atoms with Crippen LogP contribution in [0.4, 0.5) is 0 Å². The van der Waals surface area contributed by atoms with Crippen LogP contribution in [0.25, 0.3) is 11.0 Å². The molecule has 4 rings (SSSR count). The van der Waals surface area contributed by atoms with Crippen molar-refractivity contribution in [2.45, 2.75) is 33.0 Å². The molecule has 0 saturated carbocycles. The monoisotopic (exact) mass is 405 g/mol. The second-order valence-electron chi connectivity index (χ2n) is 7.27. The molecular weight excluding hydrogens is 382 g/mol. The Bertz CT molecular complexity index is 1210. The second-order valence-corrected chi connectivity index (χ2v) is 7.27. The highest BCUT2D eigenvalue weighted by atomic mass is 16.4. The molecule has 0 spiro atoms. The van der Waals surface area contributed by atoms with E-state index in [1.54, 1.807) is 18.4 Å². The van der Waals surface area contributed by atoms with Crippen LogP contribution in [0.5, 0.6) is 11.5 Å². The van der Waals surface area contributed by atoms with Gasteiger partial charge in [-0.1, -0.05) is 25.1 Å². The molecule has 0 unspecified atom stereocenters. The Morgan fingerprint density at radius 2 is 1.67 bits per heavy atom. The van der Waals surface area contributed by atoms with Gasteiger partial charge >= 0.3 is 5.63 Å². The van der Waals surface area contributed by atoms with E-state index < -0.39 is 5.63 Å². The summed E-state index contributed by atoms with van der Waals surface area (Å²) in [6.07, 6.45) is 2.28. The minimum atomic E-state index is -0.471. The van der Waals surface area contributed by atoms with Crippen LogP contribution in [-0.2, 0) is 26.1 Å². The van der Waals surface area contributed by atoms with Crippen LogP contribution >= 0.6 is 0 Å². The SMILES string of the molecule is CCc1cc2c(CN(Cc3ccco3)Cc3ccccc3O)cc(=O)oc2cc1O. The van der Waals surface area contributed by atoms with Gasteiger partial charge in [0.25, 0.3) is 0 Å². The maximum Gasteiger partial charge on any atom is 0.336 e. The van der Waals surface area contributed by atoms with E-state index in [4.69, 9.17) is 8.83 Å².